The molecule has 8 heteroatoms. The maximum Gasteiger partial charge on any atom is 0.224 e. The van der Waals surface area contributed by atoms with E-state index in [1.54, 1.807) is 26.4 Å². The fourth-order valence-electron chi connectivity index (χ4n) is 3.38. The van der Waals surface area contributed by atoms with Gasteiger partial charge < -0.3 is 30.3 Å². The molecule has 0 radical (unpaired) electrons. The van der Waals surface area contributed by atoms with Gasteiger partial charge in [0.1, 0.15) is 0 Å². The second kappa shape index (κ2) is 10.4. The number of methoxy groups -OCH3 is 2. The van der Waals surface area contributed by atoms with Gasteiger partial charge in [-0.25, -0.2) is 0 Å². The first-order valence-electron chi connectivity index (χ1n) is 9.97. The van der Waals surface area contributed by atoms with Gasteiger partial charge in [-0.15, -0.1) is 0 Å². The van der Waals surface area contributed by atoms with Crippen molar-refractivity contribution in [1.82, 2.24) is 4.90 Å². The smallest absolute Gasteiger partial charge is 0.224 e. The average Bonchev–Trinajstić information content (AvgIpc) is 2.79. The number of ether oxygens (including phenoxy) is 2. The zero-order valence-electron chi connectivity index (χ0n) is 17.5. The zero-order valence-corrected chi connectivity index (χ0v) is 17.5. The fraction of sp³-hybridized carbons (Fsp3) is 0.364. The largest absolute Gasteiger partial charge is 0.493 e. The molecule has 1 heterocycles. The molecule has 160 valence electrons. The predicted molar refractivity (Wildman–Crippen MR) is 120 cm³/mol. The van der Waals surface area contributed by atoms with Crippen LogP contribution in [0.1, 0.15) is 6.42 Å². The first kappa shape index (κ1) is 21.3. The molecular weight excluding hydrogens is 382 g/mol. The SMILES string of the molecule is COc1ccc(NC(N)=NCCC(=O)N2CCN(c3ccccc3)CC2)cc1OC. The number of guanidine groups is 1. The number of para-hydroxylation sites is 1. The molecule has 0 saturated carbocycles. The van der Waals surface area contributed by atoms with Crippen LogP contribution in [0.15, 0.2) is 53.5 Å². The third-order valence-electron chi connectivity index (χ3n) is 5.02. The monoisotopic (exact) mass is 411 g/mol. The van der Waals surface area contributed by atoms with Crippen molar-refractivity contribution < 1.29 is 14.3 Å². The van der Waals surface area contributed by atoms with Crippen molar-refractivity contribution >= 4 is 23.2 Å². The van der Waals surface area contributed by atoms with E-state index in [0.29, 0.717) is 24.5 Å². The molecule has 0 aliphatic carbocycles. The number of hydrogen-bond donors (Lipinski definition) is 2. The number of benzene rings is 2. The lowest BCUT2D eigenvalue weighted by molar-refractivity contribution is -0.131. The van der Waals surface area contributed by atoms with Gasteiger partial charge in [-0.2, -0.15) is 0 Å². The van der Waals surface area contributed by atoms with E-state index in [9.17, 15) is 4.79 Å². The highest BCUT2D eigenvalue weighted by Gasteiger charge is 2.20. The van der Waals surface area contributed by atoms with E-state index in [1.807, 2.05) is 29.2 Å². The minimum atomic E-state index is 0.102. The molecule has 2 aromatic carbocycles. The van der Waals surface area contributed by atoms with E-state index in [4.69, 9.17) is 15.2 Å². The number of rotatable bonds is 7. The molecule has 1 aliphatic rings. The molecule has 3 N–H and O–H groups in total. The van der Waals surface area contributed by atoms with Crippen molar-refractivity contribution in [2.24, 2.45) is 10.7 Å². The summed E-state index contributed by atoms with van der Waals surface area (Å²) in [7, 11) is 3.16. The van der Waals surface area contributed by atoms with E-state index >= 15 is 0 Å². The summed E-state index contributed by atoms with van der Waals surface area (Å²) < 4.78 is 10.5. The van der Waals surface area contributed by atoms with Crippen LogP contribution >= 0.6 is 0 Å². The number of piperazine rings is 1. The highest BCUT2D eigenvalue weighted by Crippen LogP contribution is 2.29. The predicted octanol–water partition coefficient (Wildman–Crippen LogP) is 2.17. The number of nitrogens with zero attached hydrogens (tertiary/aromatic N) is 3. The third kappa shape index (κ3) is 5.56. The van der Waals surface area contributed by atoms with Gasteiger partial charge in [0.25, 0.3) is 0 Å². The van der Waals surface area contributed by atoms with Gasteiger partial charge in [-0.3, -0.25) is 9.79 Å². The number of amides is 1. The lowest BCUT2D eigenvalue weighted by Crippen LogP contribution is -2.48. The molecule has 1 aliphatic heterocycles. The number of anilines is 2. The summed E-state index contributed by atoms with van der Waals surface area (Å²) in [5.41, 5.74) is 7.88. The molecule has 0 bridgehead atoms. The number of aliphatic imine (C=N–C) groups is 1. The Labute approximate surface area is 177 Å². The Bertz CT molecular complexity index is 864. The Kier molecular flexibility index (Phi) is 7.37. The van der Waals surface area contributed by atoms with Gasteiger partial charge in [0.05, 0.1) is 20.8 Å². The lowest BCUT2D eigenvalue weighted by Gasteiger charge is -2.36. The van der Waals surface area contributed by atoms with Gasteiger partial charge in [0.15, 0.2) is 17.5 Å². The second-order valence-corrected chi connectivity index (χ2v) is 6.92. The van der Waals surface area contributed by atoms with Gasteiger partial charge in [-0.1, -0.05) is 18.2 Å². The van der Waals surface area contributed by atoms with Crippen LogP contribution in [0.5, 0.6) is 11.5 Å². The van der Waals surface area contributed by atoms with Crippen LogP contribution in [0.25, 0.3) is 0 Å². The van der Waals surface area contributed by atoms with E-state index in [1.165, 1.54) is 5.69 Å². The van der Waals surface area contributed by atoms with E-state index < -0.39 is 0 Å². The summed E-state index contributed by atoms with van der Waals surface area (Å²) in [6.07, 6.45) is 0.333. The standard InChI is InChI=1S/C22H29N5O3/c1-29-19-9-8-17(16-20(19)30-2)25-22(23)24-11-10-21(28)27-14-12-26(13-15-27)18-6-4-3-5-7-18/h3-9,16H,10-15H2,1-2H3,(H3,23,24,25). The Balaban J connectivity index is 1.44. The van der Waals surface area contributed by atoms with Crippen LogP contribution in [0.2, 0.25) is 0 Å². The molecule has 1 fully saturated rings. The summed E-state index contributed by atoms with van der Waals surface area (Å²) in [5.74, 6) is 1.59. The van der Waals surface area contributed by atoms with Crippen molar-refractivity contribution in [2.45, 2.75) is 6.42 Å². The Morgan fingerprint density at radius 1 is 1.03 bits per heavy atom. The van der Waals surface area contributed by atoms with Crippen molar-refractivity contribution in [3.8, 4) is 11.5 Å². The number of nitrogens with two attached hydrogens (primary N) is 1. The lowest BCUT2D eigenvalue weighted by atomic mass is 10.2. The minimum absolute atomic E-state index is 0.102. The molecule has 1 amide bonds. The van der Waals surface area contributed by atoms with Crippen molar-refractivity contribution in [2.75, 3.05) is 57.2 Å². The molecular formula is C22H29N5O3. The Hall–Kier alpha value is -3.42. The third-order valence-corrected chi connectivity index (χ3v) is 5.02. The first-order valence-corrected chi connectivity index (χ1v) is 9.97. The fourth-order valence-corrected chi connectivity index (χ4v) is 3.38. The van der Waals surface area contributed by atoms with E-state index in [0.717, 1.165) is 31.9 Å². The maximum absolute atomic E-state index is 12.5. The average molecular weight is 412 g/mol. The van der Waals surface area contributed by atoms with Gasteiger partial charge >= 0.3 is 0 Å². The first-order chi connectivity index (χ1) is 14.6. The summed E-state index contributed by atoms with van der Waals surface area (Å²) in [6.45, 7) is 3.45. The molecule has 2 aromatic rings. The van der Waals surface area contributed by atoms with Crippen LogP contribution in [-0.2, 0) is 4.79 Å². The summed E-state index contributed by atoms with van der Waals surface area (Å²) >= 11 is 0. The van der Waals surface area contributed by atoms with Gasteiger partial charge in [-0.05, 0) is 24.3 Å². The quantitative estimate of drug-likeness (QED) is 0.536. The van der Waals surface area contributed by atoms with Gasteiger partial charge in [0, 0.05) is 50.0 Å². The molecule has 0 unspecified atom stereocenters. The van der Waals surface area contributed by atoms with Crippen LogP contribution < -0.4 is 25.4 Å². The molecule has 3 rings (SSSR count). The highest BCUT2D eigenvalue weighted by molar-refractivity contribution is 5.92. The number of hydrogen-bond acceptors (Lipinski definition) is 5. The Morgan fingerprint density at radius 3 is 2.40 bits per heavy atom. The zero-order chi connectivity index (χ0) is 21.3. The van der Waals surface area contributed by atoms with Crippen molar-refractivity contribution in [3.05, 3.63) is 48.5 Å². The molecule has 8 nitrogen and oxygen atoms in total. The van der Waals surface area contributed by atoms with Crippen LogP contribution in [-0.4, -0.2) is 63.7 Å². The second-order valence-electron chi connectivity index (χ2n) is 6.92. The summed E-state index contributed by atoms with van der Waals surface area (Å²) in [5, 5.41) is 3.01. The normalized spacial score (nSPS) is 14.4. The van der Waals surface area contributed by atoms with E-state index in [2.05, 4.69) is 27.3 Å². The number of nitrogens with one attached hydrogen (secondary N) is 1. The highest BCUT2D eigenvalue weighted by atomic mass is 16.5. The maximum atomic E-state index is 12.5. The molecule has 30 heavy (non-hydrogen) atoms. The number of carbonyl (C=O) groups is 1. The van der Waals surface area contributed by atoms with Gasteiger partial charge in [0.2, 0.25) is 5.91 Å². The van der Waals surface area contributed by atoms with Crippen LogP contribution in [0.4, 0.5) is 11.4 Å². The summed E-state index contributed by atoms with van der Waals surface area (Å²) in [4.78, 5) is 20.9. The van der Waals surface area contributed by atoms with Crippen molar-refractivity contribution in [1.29, 1.82) is 0 Å². The minimum Gasteiger partial charge on any atom is -0.493 e. The molecule has 0 atom stereocenters. The summed E-state index contributed by atoms with van der Waals surface area (Å²) in [6, 6.07) is 15.7. The van der Waals surface area contributed by atoms with Crippen LogP contribution in [0.3, 0.4) is 0 Å². The molecule has 0 spiro atoms. The van der Waals surface area contributed by atoms with Crippen LogP contribution in [0, 0.1) is 0 Å². The van der Waals surface area contributed by atoms with Crippen molar-refractivity contribution in [3.63, 3.8) is 0 Å². The Morgan fingerprint density at radius 2 is 1.73 bits per heavy atom. The number of carbonyl (C=O) groups excluding carboxylic acids is 1. The van der Waals surface area contributed by atoms with E-state index in [-0.39, 0.29) is 11.9 Å². The molecule has 0 aromatic heterocycles. The molecule has 1 saturated heterocycles. The topological polar surface area (TPSA) is 92.4 Å².